The minimum atomic E-state index is -0.416. The van der Waals surface area contributed by atoms with Crippen molar-refractivity contribution in [3.8, 4) is 0 Å². The number of rotatable bonds is 10. The third kappa shape index (κ3) is 4.99. The Bertz CT molecular complexity index is 672. The molecule has 1 saturated carbocycles. The number of likely N-dealkylation sites (N-methyl/N-ethyl adjacent to an activating group) is 1. The molecule has 1 aliphatic heterocycles. The Morgan fingerprint density at radius 2 is 2.04 bits per heavy atom. The maximum atomic E-state index is 13.1. The molecule has 28 heavy (non-hydrogen) atoms. The number of likely N-dealkylation sites (tertiary alicyclic amines) is 1. The van der Waals surface area contributed by atoms with Gasteiger partial charge in [-0.05, 0) is 57.6 Å². The van der Waals surface area contributed by atoms with Crippen molar-refractivity contribution < 1.29 is 9.18 Å². The average molecular weight is 389 g/mol. The van der Waals surface area contributed by atoms with E-state index in [4.69, 9.17) is 5.73 Å². The molecule has 154 valence electrons. The number of benzene rings is 1. The first-order chi connectivity index (χ1) is 13.4. The average Bonchev–Trinajstić information content (AvgIpc) is 3.40. The molecular formula is C22H33FN4O. The molecule has 0 radical (unpaired) electrons. The second-order valence-corrected chi connectivity index (χ2v) is 8.35. The van der Waals surface area contributed by atoms with E-state index in [0.29, 0.717) is 24.4 Å². The van der Waals surface area contributed by atoms with Crippen LogP contribution in [-0.4, -0.2) is 79.0 Å². The van der Waals surface area contributed by atoms with Gasteiger partial charge in [-0.3, -0.25) is 9.69 Å². The van der Waals surface area contributed by atoms with Crippen LogP contribution >= 0.6 is 0 Å². The molecule has 1 amide bonds. The topological polar surface area (TPSA) is 52.8 Å². The van der Waals surface area contributed by atoms with Crippen LogP contribution in [0.4, 0.5) is 4.39 Å². The van der Waals surface area contributed by atoms with Gasteiger partial charge in [0.05, 0.1) is 6.04 Å². The van der Waals surface area contributed by atoms with E-state index in [1.165, 1.54) is 17.7 Å². The van der Waals surface area contributed by atoms with E-state index in [-0.39, 0.29) is 11.7 Å². The molecule has 0 spiro atoms. The van der Waals surface area contributed by atoms with Crippen LogP contribution in [0, 0.1) is 5.82 Å². The monoisotopic (exact) mass is 388 g/mol. The van der Waals surface area contributed by atoms with Gasteiger partial charge in [-0.15, -0.1) is 6.58 Å². The molecule has 2 aliphatic rings. The Kier molecular flexibility index (Phi) is 6.86. The lowest BCUT2D eigenvalue weighted by Gasteiger charge is -2.43. The van der Waals surface area contributed by atoms with Gasteiger partial charge in [0.15, 0.2) is 0 Å². The van der Waals surface area contributed by atoms with Crippen LogP contribution in [0.5, 0.6) is 0 Å². The number of carbonyl (C=O) groups excluding carboxylic acids is 1. The van der Waals surface area contributed by atoms with Crippen LogP contribution in [0.3, 0.4) is 0 Å². The summed E-state index contributed by atoms with van der Waals surface area (Å²) in [5, 5.41) is 0. The summed E-state index contributed by atoms with van der Waals surface area (Å²) >= 11 is 0. The first kappa shape index (κ1) is 21.0. The number of nitrogens with zero attached hydrogens (tertiary/aromatic N) is 3. The summed E-state index contributed by atoms with van der Waals surface area (Å²) in [6.07, 6.45) is 4.60. The molecule has 0 unspecified atom stereocenters. The highest BCUT2D eigenvalue weighted by Crippen LogP contribution is 2.44. The molecule has 0 aromatic heterocycles. The summed E-state index contributed by atoms with van der Waals surface area (Å²) in [5.74, 6) is 0.338. The second-order valence-electron chi connectivity index (χ2n) is 8.35. The molecule has 1 aromatic carbocycles. The third-order valence-electron chi connectivity index (χ3n) is 6.07. The normalized spacial score (nSPS) is 23.0. The van der Waals surface area contributed by atoms with Crippen molar-refractivity contribution in [3.63, 3.8) is 0 Å². The minimum Gasteiger partial charge on any atom is -0.338 e. The lowest BCUT2D eigenvalue weighted by Crippen LogP contribution is -2.62. The fourth-order valence-corrected chi connectivity index (χ4v) is 4.05. The molecule has 1 aromatic rings. The maximum Gasteiger partial charge on any atom is 0.239 e. The zero-order valence-electron chi connectivity index (χ0n) is 17.1. The van der Waals surface area contributed by atoms with Gasteiger partial charge in [-0.25, -0.2) is 4.39 Å². The number of hydrogen-bond acceptors (Lipinski definition) is 4. The molecule has 6 heteroatoms. The van der Waals surface area contributed by atoms with Gasteiger partial charge in [0.2, 0.25) is 5.91 Å². The third-order valence-corrected chi connectivity index (χ3v) is 6.07. The Hall–Kier alpha value is -1.76. The highest BCUT2D eigenvalue weighted by atomic mass is 19.1. The lowest BCUT2D eigenvalue weighted by atomic mass is 10.0. The summed E-state index contributed by atoms with van der Waals surface area (Å²) in [6.45, 7) is 7.16. The quantitative estimate of drug-likeness (QED) is 0.624. The van der Waals surface area contributed by atoms with E-state index < -0.39 is 6.04 Å². The molecule has 1 heterocycles. The van der Waals surface area contributed by atoms with Gasteiger partial charge >= 0.3 is 0 Å². The molecule has 3 rings (SSSR count). The van der Waals surface area contributed by atoms with Crippen molar-refractivity contribution in [2.45, 2.75) is 43.3 Å². The van der Waals surface area contributed by atoms with Gasteiger partial charge in [-0.2, -0.15) is 0 Å². The van der Waals surface area contributed by atoms with Crippen LogP contribution in [0.15, 0.2) is 36.9 Å². The van der Waals surface area contributed by atoms with E-state index in [9.17, 15) is 9.18 Å². The molecule has 0 bridgehead atoms. The van der Waals surface area contributed by atoms with Crippen molar-refractivity contribution in [2.75, 3.05) is 40.3 Å². The summed E-state index contributed by atoms with van der Waals surface area (Å²) in [6, 6.07) is 7.34. The van der Waals surface area contributed by atoms with Gasteiger partial charge in [0.1, 0.15) is 5.82 Å². The maximum absolute atomic E-state index is 13.1. The Morgan fingerprint density at radius 3 is 2.64 bits per heavy atom. The first-order valence-corrected chi connectivity index (χ1v) is 10.2. The van der Waals surface area contributed by atoms with E-state index in [2.05, 4.69) is 16.4 Å². The molecule has 1 aliphatic carbocycles. The van der Waals surface area contributed by atoms with Gasteiger partial charge < -0.3 is 15.5 Å². The van der Waals surface area contributed by atoms with Crippen LogP contribution in [0.1, 0.15) is 30.7 Å². The van der Waals surface area contributed by atoms with E-state index in [1.54, 1.807) is 0 Å². The fraction of sp³-hybridized carbons (Fsp3) is 0.591. The van der Waals surface area contributed by atoms with Crippen LogP contribution in [0.25, 0.3) is 0 Å². The summed E-state index contributed by atoms with van der Waals surface area (Å²) < 4.78 is 13.1. The van der Waals surface area contributed by atoms with Crippen molar-refractivity contribution >= 4 is 5.91 Å². The molecule has 2 N–H and O–H groups in total. The zero-order chi connectivity index (χ0) is 20.3. The second kappa shape index (κ2) is 9.16. The molecule has 1 saturated heterocycles. The number of carbonyl (C=O) groups is 1. The van der Waals surface area contributed by atoms with Gasteiger partial charge in [-0.1, -0.05) is 18.2 Å². The SMILES string of the molecule is C=CCN(CCC[C@H](N)C(=O)N1CC(N(C)C)C1)[C@@H]1C[C@H]1c1ccc(F)cc1. The molecule has 5 nitrogen and oxygen atoms in total. The minimum absolute atomic E-state index is 0.0731. The molecule has 3 atom stereocenters. The van der Waals surface area contributed by atoms with Crippen LogP contribution < -0.4 is 5.73 Å². The van der Waals surface area contributed by atoms with Crippen LogP contribution in [-0.2, 0) is 4.79 Å². The number of nitrogens with two attached hydrogens (primary N) is 1. The van der Waals surface area contributed by atoms with Crippen molar-refractivity contribution in [3.05, 3.63) is 48.3 Å². The van der Waals surface area contributed by atoms with Gasteiger partial charge in [0, 0.05) is 37.6 Å². The Morgan fingerprint density at radius 1 is 1.36 bits per heavy atom. The Labute approximate surface area is 168 Å². The highest BCUT2D eigenvalue weighted by molar-refractivity contribution is 5.82. The summed E-state index contributed by atoms with van der Waals surface area (Å²) in [7, 11) is 4.08. The fourth-order valence-electron chi connectivity index (χ4n) is 4.05. The summed E-state index contributed by atoms with van der Waals surface area (Å²) in [4.78, 5) is 18.8. The highest BCUT2D eigenvalue weighted by Gasteiger charge is 2.42. The van der Waals surface area contributed by atoms with Gasteiger partial charge in [0.25, 0.3) is 0 Å². The first-order valence-electron chi connectivity index (χ1n) is 10.2. The lowest BCUT2D eigenvalue weighted by molar-refractivity contribution is -0.139. The molecule has 2 fully saturated rings. The largest absolute Gasteiger partial charge is 0.338 e. The van der Waals surface area contributed by atoms with Crippen molar-refractivity contribution in [1.82, 2.24) is 14.7 Å². The summed E-state index contributed by atoms with van der Waals surface area (Å²) in [5.41, 5.74) is 7.35. The number of hydrogen-bond donors (Lipinski definition) is 1. The predicted molar refractivity (Wildman–Crippen MR) is 111 cm³/mol. The predicted octanol–water partition coefficient (Wildman–Crippen LogP) is 2.05. The van der Waals surface area contributed by atoms with E-state index in [1.807, 2.05) is 37.2 Å². The molecular weight excluding hydrogens is 355 g/mol. The van der Waals surface area contributed by atoms with E-state index >= 15 is 0 Å². The Balaban J connectivity index is 1.42. The zero-order valence-corrected chi connectivity index (χ0v) is 17.1. The standard InChI is InChI=1S/C22H33FN4O/c1-4-11-26(21-13-19(21)16-7-9-17(23)10-8-16)12-5-6-20(24)22(28)27-14-18(15-27)25(2)3/h4,7-10,18-21H,1,5-6,11-15,24H2,2-3H3/t19-,20-,21+/m0/s1. The van der Waals surface area contributed by atoms with Crippen molar-refractivity contribution in [1.29, 1.82) is 0 Å². The van der Waals surface area contributed by atoms with Crippen molar-refractivity contribution in [2.24, 2.45) is 5.73 Å². The van der Waals surface area contributed by atoms with E-state index in [0.717, 1.165) is 39.0 Å². The number of halogens is 1. The van der Waals surface area contributed by atoms with Crippen LogP contribution in [0.2, 0.25) is 0 Å². The number of amides is 1. The smallest absolute Gasteiger partial charge is 0.239 e.